The Balaban J connectivity index is 2.36. The first-order valence-corrected chi connectivity index (χ1v) is 6.61. The number of hydrogen-bond donors (Lipinski definition) is 1. The summed E-state index contributed by atoms with van der Waals surface area (Å²) in [6.07, 6.45) is 2.37. The Morgan fingerprint density at radius 1 is 1.30 bits per heavy atom. The number of methoxy groups -OCH3 is 2. The van der Waals surface area contributed by atoms with Crippen molar-refractivity contribution >= 4 is 29.2 Å². The second-order valence-electron chi connectivity index (χ2n) is 4.12. The van der Waals surface area contributed by atoms with E-state index in [2.05, 4.69) is 30.3 Å². The predicted molar refractivity (Wildman–Crippen MR) is 79.9 cm³/mol. The number of tetrazole rings is 1. The van der Waals surface area contributed by atoms with Crippen LogP contribution in [0.25, 0.3) is 5.69 Å². The highest BCUT2D eigenvalue weighted by Gasteiger charge is 2.15. The van der Waals surface area contributed by atoms with Gasteiger partial charge in [0.15, 0.2) is 0 Å². The molecule has 23 heavy (non-hydrogen) atoms. The zero-order valence-electron chi connectivity index (χ0n) is 12.2. The van der Waals surface area contributed by atoms with Crippen molar-refractivity contribution in [3.8, 4) is 5.69 Å². The van der Waals surface area contributed by atoms with E-state index in [9.17, 15) is 9.59 Å². The molecule has 0 fully saturated rings. The molecule has 1 aromatic carbocycles. The summed E-state index contributed by atoms with van der Waals surface area (Å²) in [6.45, 7) is 0. The van der Waals surface area contributed by atoms with Crippen LogP contribution in [-0.2, 0) is 19.1 Å². The molecule has 0 radical (unpaired) electrons. The van der Waals surface area contributed by atoms with Gasteiger partial charge in [0.25, 0.3) is 0 Å². The third-order valence-electron chi connectivity index (χ3n) is 2.70. The molecule has 0 aliphatic heterocycles. The van der Waals surface area contributed by atoms with Crippen LogP contribution in [0, 0.1) is 0 Å². The number of nitrogens with one attached hydrogen (secondary N) is 1. The summed E-state index contributed by atoms with van der Waals surface area (Å²) in [6, 6.07) is 4.88. The lowest BCUT2D eigenvalue weighted by Gasteiger charge is -2.12. The summed E-state index contributed by atoms with van der Waals surface area (Å²) < 4.78 is 10.5. The Labute approximate surface area is 135 Å². The minimum absolute atomic E-state index is 0.130. The molecule has 0 unspecified atom stereocenters. The van der Waals surface area contributed by atoms with Crippen molar-refractivity contribution in [3.05, 3.63) is 41.3 Å². The molecule has 0 aliphatic rings. The van der Waals surface area contributed by atoms with Gasteiger partial charge >= 0.3 is 11.9 Å². The van der Waals surface area contributed by atoms with Crippen molar-refractivity contribution in [1.82, 2.24) is 20.2 Å². The van der Waals surface area contributed by atoms with Gasteiger partial charge in [0.2, 0.25) is 0 Å². The molecule has 120 valence electrons. The monoisotopic (exact) mass is 337 g/mol. The van der Waals surface area contributed by atoms with E-state index in [1.165, 1.54) is 25.2 Å². The van der Waals surface area contributed by atoms with Crippen LogP contribution in [0.5, 0.6) is 0 Å². The predicted octanol–water partition coefficient (Wildman–Crippen LogP) is 0.957. The molecule has 2 rings (SSSR count). The number of carbonyl (C=O) groups excluding carboxylic acids is 2. The Hall–Kier alpha value is -2.94. The highest BCUT2D eigenvalue weighted by molar-refractivity contribution is 6.33. The summed E-state index contributed by atoms with van der Waals surface area (Å²) >= 11 is 6.10. The minimum Gasteiger partial charge on any atom is -0.466 e. The molecule has 1 aromatic heterocycles. The average molecular weight is 338 g/mol. The quantitative estimate of drug-likeness (QED) is 0.634. The minimum atomic E-state index is -0.751. The van der Waals surface area contributed by atoms with E-state index >= 15 is 0 Å². The van der Waals surface area contributed by atoms with Gasteiger partial charge in [-0.05, 0) is 28.6 Å². The number of rotatable bonds is 5. The third kappa shape index (κ3) is 4.04. The van der Waals surface area contributed by atoms with Gasteiger partial charge in [-0.3, -0.25) is 0 Å². The van der Waals surface area contributed by atoms with Crippen LogP contribution in [0.4, 0.5) is 5.69 Å². The van der Waals surface area contributed by atoms with E-state index in [1.54, 1.807) is 18.2 Å². The van der Waals surface area contributed by atoms with Gasteiger partial charge < -0.3 is 14.8 Å². The molecule has 0 amide bonds. The van der Waals surface area contributed by atoms with Gasteiger partial charge in [-0.1, -0.05) is 11.6 Å². The normalized spacial score (nSPS) is 11.0. The largest absolute Gasteiger partial charge is 0.466 e. The number of aromatic nitrogens is 4. The molecule has 0 aliphatic carbocycles. The van der Waals surface area contributed by atoms with Gasteiger partial charge in [0.05, 0.1) is 36.7 Å². The van der Waals surface area contributed by atoms with Crippen molar-refractivity contribution in [1.29, 1.82) is 0 Å². The van der Waals surface area contributed by atoms with Crippen LogP contribution in [0.3, 0.4) is 0 Å². The summed E-state index contributed by atoms with van der Waals surface area (Å²) in [4.78, 5) is 23.1. The Bertz CT molecular complexity index is 745. The van der Waals surface area contributed by atoms with Gasteiger partial charge in [0.1, 0.15) is 12.0 Å². The highest BCUT2D eigenvalue weighted by Crippen LogP contribution is 2.26. The lowest BCUT2D eigenvalue weighted by atomic mass is 10.2. The first-order valence-electron chi connectivity index (χ1n) is 6.23. The average Bonchev–Trinajstić information content (AvgIpc) is 3.09. The molecule has 0 atom stereocenters. The van der Waals surface area contributed by atoms with Gasteiger partial charge in [-0.15, -0.1) is 5.10 Å². The second-order valence-corrected chi connectivity index (χ2v) is 4.52. The van der Waals surface area contributed by atoms with E-state index in [4.69, 9.17) is 11.6 Å². The van der Waals surface area contributed by atoms with Gasteiger partial charge in [-0.2, -0.15) is 0 Å². The third-order valence-corrected chi connectivity index (χ3v) is 3.03. The highest BCUT2D eigenvalue weighted by atomic mass is 35.5. The van der Waals surface area contributed by atoms with E-state index < -0.39 is 11.9 Å². The van der Waals surface area contributed by atoms with Crippen LogP contribution in [0.1, 0.15) is 0 Å². The molecule has 9 nitrogen and oxygen atoms in total. The van der Waals surface area contributed by atoms with Gasteiger partial charge in [-0.25, -0.2) is 14.3 Å². The molecule has 2 aromatic rings. The number of hydrogen-bond acceptors (Lipinski definition) is 8. The molecular formula is C13H12ClN5O4. The fourth-order valence-electron chi connectivity index (χ4n) is 1.61. The van der Waals surface area contributed by atoms with Crippen LogP contribution in [-0.4, -0.2) is 46.4 Å². The fraction of sp³-hybridized carbons (Fsp3) is 0.154. The summed E-state index contributed by atoms with van der Waals surface area (Å²) in [5, 5.41) is 13.9. The molecule has 0 bridgehead atoms. The molecule has 0 saturated heterocycles. The van der Waals surface area contributed by atoms with Gasteiger partial charge in [0, 0.05) is 0 Å². The smallest absolute Gasteiger partial charge is 0.354 e. The number of nitrogens with zero attached hydrogens (tertiary/aromatic N) is 4. The molecule has 1 heterocycles. The summed E-state index contributed by atoms with van der Waals surface area (Å²) in [5.41, 5.74) is 0.833. The van der Waals surface area contributed by atoms with E-state index in [-0.39, 0.29) is 5.70 Å². The molecular weight excluding hydrogens is 326 g/mol. The first kappa shape index (κ1) is 16.4. The van der Waals surface area contributed by atoms with Crippen molar-refractivity contribution in [2.75, 3.05) is 19.5 Å². The maximum Gasteiger partial charge on any atom is 0.354 e. The first-order chi connectivity index (χ1) is 11.0. The molecule has 10 heteroatoms. The maximum atomic E-state index is 11.8. The standard InChI is InChI=1S/C13H12ClN5O4/c1-22-12(20)6-11(13(21)23-2)16-10-5-8(3-4-9(10)14)19-7-15-17-18-19/h3-7,16H,1-2H3/b11-6+. The number of halogens is 1. The zero-order valence-corrected chi connectivity index (χ0v) is 12.9. The van der Waals surface area contributed by atoms with Crippen LogP contribution in [0.15, 0.2) is 36.3 Å². The van der Waals surface area contributed by atoms with Crippen molar-refractivity contribution in [2.24, 2.45) is 0 Å². The number of ether oxygens (including phenoxy) is 2. The van der Waals surface area contributed by atoms with Crippen LogP contribution >= 0.6 is 11.6 Å². The van der Waals surface area contributed by atoms with Crippen LogP contribution < -0.4 is 5.32 Å². The van der Waals surface area contributed by atoms with Crippen molar-refractivity contribution in [2.45, 2.75) is 0 Å². The summed E-state index contributed by atoms with van der Waals surface area (Å²) in [5.74, 6) is -1.47. The maximum absolute atomic E-state index is 11.8. The number of benzene rings is 1. The van der Waals surface area contributed by atoms with Crippen molar-refractivity contribution < 1.29 is 19.1 Å². The Morgan fingerprint density at radius 2 is 2.09 bits per heavy atom. The molecule has 0 saturated carbocycles. The van der Waals surface area contributed by atoms with E-state index in [1.807, 2.05) is 0 Å². The Morgan fingerprint density at radius 3 is 2.70 bits per heavy atom. The molecule has 0 spiro atoms. The SMILES string of the molecule is COC(=O)/C=C(/Nc1cc(-n2cnnn2)ccc1Cl)C(=O)OC. The zero-order chi connectivity index (χ0) is 16.8. The number of esters is 2. The van der Waals surface area contributed by atoms with Crippen molar-refractivity contribution in [3.63, 3.8) is 0 Å². The van der Waals surface area contributed by atoms with Crippen LogP contribution in [0.2, 0.25) is 5.02 Å². The second kappa shape index (κ2) is 7.36. The summed E-state index contributed by atoms with van der Waals surface area (Å²) in [7, 11) is 2.38. The number of anilines is 1. The molecule has 1 N–H and O–H groups in total. The Kier molecular flexibility index (Phi) is 5.26. The topological polar surface area (TPSA) is 108 Å². The lowest BCUT2D eigenvalue weighted by molar-refractivity contribution is -0.138. The van der Waals surface area contributed by atoms with E-state index in [0.717, 1.165) is 6.08 Å². The van der Waals surface area contributed by atoms with E-state index in [0.29, 0.717) is 16.4 Å². The fourth-order valence-corrected chi connectivity index (χ4v) is 1.77. The lowest BCUT2D eigenvalue weighted by Crippen LogP contribution is -2.16. The number of carbonyl (C=O) groups is 2.